The van der Waals surface area contributed by atoms with Crippen LogP contribution in [0.25, 0.3) is 44.3 Å². The smallest absolute Gasteiger partial charge is 0.118 e. The van der Waals surface area contributed by atoms with Gasteiger partial charge in [0.25, 0.3) is 0 Å². The molecule has 6 heteroatoms. The summed E-state index contributed by atoms with van der Waals surface area (Å²) in [6.07, 6.45) is 3.16. The average Bonchev–Trinajstić information content (AvgIpc) is 3.22. The second kappa shape index (κ2) is 13.9. The van der Waals surface area contributed by atoms with Crippen molar-refractivity contribution < 1.29 is 30.0 Å². The standard InChI is InChI=1S/C35H36GeNSi.C5H8O2.Ir/c1-23(2)32-21-27(20-26-10-8-9-11-29(26)32)34-35-31(18-19-37-34)30-17-14-25(22-33(30)38(35,6)7)24-12-15-28(16-13-24)36(3,4)5;1-4(6)3-5(2)7;/h8-19,21-23H,1-7H3;3,6H,1-2H3;/q-1;;/b;4-3-;. The minimum absolute atomic E-state index is 0. The van der Waals surface area contributed by atoms with E-state index < -0.39 is 21.3 Å². The van der Waals surface area contributed by atoms with Crippen molar-refractivity contribution in [3.8, 4) is 33.5 Å². The molecule has 0 spiro atoms. The molecule has 6 rings (SSSR count). The summed E-state index contributed by atoms with van der Waals surface area (Å²) in [5.74, 6) is 7.74. The molecule has 0 saturated heterocycles. The fourth-order valence-electron chi connectivity index (χ4n) is 6.45. The predicted octanol–water partition coefficient (Wildman–Crippen LogP) is 8.88. The summed E-state index contributed by atoms with van der Waals surface area (Å²) in [7, 11) is -2.00. The van der Waals surface area contributed by atoms with Crippen LogP contribution in [0.5, 0.6) is 0 Å². The number of rotatable bonds is 5. The molecule has 1 N–H and O–H groups in total. The maximum atomic E-state index is 10.0. The third-order valence-electron chi connectivity index (χ3n) is 8.74. The monoisotopic (exact) mass is 865 g/mol. The first-order valence-corrected chi connectivity index (χ1v) is 26.1. The normalized spacial score (nSPS) is 13.4. The topological polar surface area (TPSA) is 50.2 Å². The summed E-state index contributed by atoms with van der Waals surface area (Å²) < 4.78 is 1.56. The molecule has 0 atom stereocenters. The van der Waals surface area contributed by atoms with Gasteiger partial charge in [-0.1, -0.05) is 37.4 Å². The van der Waals surface area contributed by atoms with Crippen molar-refractivity contribution in [2.75, 3.05) is 0 Å². The van der Waals surface area contributed by atoms with Crippen LogP contribution in [0, 0.1) is 6.07 Å². The Hall–Kier alpha value is -3.09. The maximum absolute atomic E-state index is 10.0. The summed E-state index contributed by atoms with van der Waals surface area (Å²) in [5.41, 5.74) is 8.99. The van der Waals surface area contributed by atoms with Gasteiger partial charge >= 0.3 is 172 Å². The van der Waals surface area contributed by atoms with Crippen molar-refractivity contribution in [3.05, 3.63) is 109 Å². The van der Waals surface area contributed by atoms with Crippen LogP contribution in [-0.2, 0) is 24.9 Å². The molecule has 0 aliphatic carbocycles. The van der Waals surface area contributed by atoms with Crippen molar-refractivity contribution in [2.45, 2.75) is 64.0 Å². The molecule has 0 unspecified atom stereocenters. The Bertz CT molecular complexity index is 1930. The second-order valence-electron chi connectivity index (χ2n) is 14.0. The number of carbonyl (C=O) groups excluding carboxylic acids is 1. The number of aromatic nitrogens is 1. The van der Waals surface area contributed by atoms with Gasteiger partial charge in [-0.3, -0.25) is 4.79 Å². The molecule has 4 aromatic carbocycles. The van der Waals surface area contributed by atoms with Gasteiger partial charge in [0.15, 0.2) is 5.78 Å². The number of hydrogen-bond donors (Lipinski definition) is 1. The van der Waals surface area contributed by atoms with Crippen molar-refractivity contribution in [1.82, 2.24) is 4.98 Å². The van der Waals surface area contributed by atoms with E-state index in [-0.39, 0.29) is 31.6 Å². The Morgan fingerprint density at radius 1 is 0.891 bits per heavy atom. The molecule has 1 aliphatic heterocycles. The van der Waals surface area contributed by atoms with Gasteiger partial charge in [-0.05, 0) is 19.8 Å². The Morgan fingerprint density at radius 3 is 2.13 bits per heavy atom. The number of benzene rings is 4. The van der Waals surface area contributed by atoms with Gasteiger partial charge in [-0.2, -0.15) is 0 Å². The first-order chi connectivity index (χ1) is 21.2. The van der Waals surface area contributed by atoms with E-state index in [1.165, 1.54) is 68.9 Å². The molecule has 5 aromatic rings. The van der Waals surface area contributed by atoms with E-state index in [1.807, 2.05) is 6.20 Å². The van der Waals surface area contributed by atoms with Crippen LogP contribution >= 0.6 is 0 Å². The van der Waals surface area contributed by atoms with E-state index in [9.17, 15) is 4.79 Å². The van der Waals surface area contributed by atoms with Crippen LogP contribution in [0.2, 0.25) is 30.4 Å². The fraction of sp³-hybridized carbons (Fsp3) is 0.250. The van der Waals surface area contributed by atoms with Gasteiger partial charge in [-0.15, -0.1) is 17.0 Å². The quantitative estimate of drug-likeness (QED) is 0.0832. The number of carbonyl (C=O) groups is 1. The van der Waals surface area contributed by atoms with Crippen LogP contribution < -0.4 is 14.8 Å². The summed E-state index contributed by atoms with van der Waals surface area (Å²) in [5, 5.41) is 13.8. The zero-order chi connectivity index (χ0) is 32.7. The SMILES string of the molecule is CC(=O)/C=C(/C)O.CC(C)c1cc(-c2nccc3c2[Si](C)(C)c2cc(-c4cc[c]([Ge]([CH3])([CH3])[CH3])cc4)ccc2-3)[c-]c2ccccc12.[Ir]. The molecule has 46 heavy (non-hydrogen) atoms. The third-order valence-corrected chi connectivity index (χ3v) is 16.6. The van der Waals surface area contributed by atoms with Crippen LogP contribution in [0.15, 0.2) is 96.9 Å². The van der Waals surface area contributed by atoms with E-state index in [0.29, 0.717) is 5.92 Å². The average molecular weight is 864 g/mol. The van der Waals surface area contributed by atoms with Gasteiger partial charge in [0, 0.05) is 26.2 Å². The van der Waals surface area contributed by atoms with Gasteiger partial charge in [0.05, 0.1) is 5.76 Å². The van der Waals surface area contributed by atoms with Crippen molar-refractivity contribution in [3.63, 3.8) is 0 Å². The van der Waals surface area contributed by atoms with Crippen LogP contribution in [-0.4, -0.2) is 37.2 Å². The fourth-order valence-corrected chi connectivity index (χ4v) is 12.3. The van der Waals surface area contributed by atoms with E-state index in [2.05, 4.69) is 129 Å². The van der Waals surface area contributed by atoms with Gasteiger partial charge in [0.1, 0.15) is 0 Å². The van der Waals surface area contributed by atoms with Gasteiger partial charge in [0.2, 0.25) is 0 Å². The number of pyridine rings is 1. The number of allylic oxidation sites excluding steroid dienone is 2. The third kappa shape index (κ3) is 7.23. The Balaban J connectivity index is 0.000000542. The minimum Gasteiger partial charge on any atom is -0.118 e. The predicted molar refractivity (Wildman–Crippen MR) is 198 cm³/mol. The summed E-state index contributed by atoms with van der Waals surface area (Å²) in [6, 6.07) is 33.5. The summed E-state index contributed by atoms with van der Waals surface area (Å²) in [4.78, 5) is 15.0. The zero-order valence-electron chi connectivity index (χ0n) is 28.4. The molecule has 2 heterocycles. The molecule has 0 bridgehead atoms. The van der Waals surface area contributed by atoms with Gasteiger partial charge in [-0.25, -0.2) is 0 Å². The Morgan fingerprint density at radius 2 is 1.54 bits per heavy atom. The molecule has 1 aromatic heterocycles. The molecule has 0 amide bonds. The van der Waals surface area contributed by atoms with Crippen molar-refractivity contribution >= 4 is 52.7 Å². The van der Waals surface area contributed by atoms with E-state index >= 15 is 0 Å². The number of ketones is 1. The van der Waals surface area contributed by atoms with Crippen molar-refractivity contribution in [1.29, 1.82) is 0 Å². The first kappa shape index (κ1) is 35.8. The number of nitrogens with zero attached hydrogens (tertiary/aromatic N) is 1. The van der Waals surface area contributed by atoms with Crippen molar-refractivity contribution in [2.24, 2.45) is 0 Å². The van der Waals surface area contributed by atoms with Crippen LogP contribution in [0.3, 0.4) is 0 Å². The number of hydrogen-bond acceptors (Lipinski definition) is 3. The molecular formula is C40H44GeIrNO2Si-. The van der Waals surface area contributed by atoms with E-state index in [1.54, 1.807) is 4.40 Å². The minimum atomic E-state index is -2.00. The molecule has 3 nitrogen and oxygen atoms in total. The molecule has 0 fully saturated rings. The number of aliphatic hydroxyl groups excluding tert-OH is 1. The molecule has 0 saturated carbocycles. The summed E-state index contributed by atoms with van der Waals surface area (Å²) in [6.45, 7) is 12.4. The Labute approximate surface area is 291 Å². The number of aliphatic hydroxyl groups is 1. The molecular weight excluding hydrogens is 819 g/mol. The van der Waals surface area contributed by atoms with Gasteiger partial charge < -0.3 is 5.11 Å². The first-order valence-electron chi connectivity index (χ1n) is 15.8. The van der Waals surface area contributed by atoms with E-state index in [4.69, 9.17) is 10.1 Å². The summed E-state index contributed by atoms with van der Waals surface area (Å²) >= 11 is -1.82. The second-order valence-corrected chi connectivity index (χ2v) is 29.0. The Kier molecular flexibility index (Phi) is 10.8. The molecule has 1 radical (unpaired) electrons. The number of fused-ring (bicyclic) bond motifs is 4. The van der Waals surface area contributed by atoms with E-state index in [0.717, 1.165) is 11.3 Å². The molecule has 1 aliphatic rings. The molecule has 239 valence electrons. The van der Waals surface area contributed by atoms with Crippen LogP contribution in [0.4, 0.5) is 0 Å². The zero-order valence-corrected chi connectivity index (χ0v) is 33.9. The van der Waals surface area contributed by atoms with Crippen LogP contribution in [0.1, 0.15) is 39.2 Å².